The maximum Gasteiger partial charge on any atom is 0.417 e. The fourth-order valence-corrected chi connectivity index (χ4v) is 1.90. The van der Waals surface area contributed by atoms with Crippen molar-refractivity contribution in [3.63, 3.8) is 0 Å². The van der Waals surface area contributed by atoms with Crippen LogP contribution in [0.5, 0.6) is 0 Å². The van der Waals surface area contributed by atoms with E-state index in [1.54, 1.807) is 0 Å². The zero-order valence-electron chi connectivity index (χ0n) is 7.64. The summed E-state index contributed by atoms with van der Waals surface area (Å²) in [5.41, 5.74) is 4.27. The molecular weight excluding hydrogens is 230 g/mol. The molecule has 0 saturated heterocycles. The Labute approximate surface area is 88.2 Å². The lowest BCUT2D eigenvalue weighted by Crippen LogP contribution is -2.06. The molecule has 0 saturated carbocycles. The highest BCUT2D eigenvalue weighted by molar-refractivity contribution is 7.10. The molecule has 15 heavy (non-hydrogen) atoms. The third-order valence-corrected chi connectivity index (χ3v) is 2.70. The first-order chi connectivity index (χ1) is 6.95. The van der Waals surface area contributed by atoms with E-state index in [0.29, 0.717) is 0 Å². The zero-order valence-corrected chi connectivity index (χ0v) is 8.46. The van der Waals surface area contributed by atoms with Gasteiger partial charge in [-0.05, 0) is 17.5 Å². The average molecular weight is 239 g/mol. The molecule has 0 spiro atoms. The van der Waals surface area contributed by atoms with Crippen LogP contribution >= 0.6 is 11.3 Å². The maximum absolute atomic E-state index is 12.6. The highest BCUT2D eigenvalue weighted by atomic mass is 32.1. The number of halogens is 4. The number of hydrogen-bond donors (Lipinski definition) is 1. The normalized spacial score (nSPS) is 13.3. The fraction of sp³-hybridized carbons (Fsp3) is 0.333. The summed E-state index contributed by atoms with van der Waals surface area (Å²) in [6.45, 7) is -0.285. The summed E-state index contributed by atoms with van der Waals surface area (Å²) < 4.78 is 49.7. The molecule has 6 heteroatoms. The summed E-state index contributed by atoms with van der Waals surface area (Å²) in [5, 5.41) is 1.34. The molecule has 0 fully saturated rings. The Kier molecular flexibility index (Phi) is 3.87. The van der Waals surface area contributed by atoms with Crippen LogP contribution in [-0.2, 0) is 12.6 Å². The number of nitrogens with two attached hydrogens (primary N) is 1. The molecule has 0 bridgehead atoms. The average Bonchev–Trinajstić information content (AvgIpc) is 2.61. The Morgan fingerprint density at radius 2 is 2.13 bits per heavy atom. The standard InChI is InChI=1S/C9H9F4NS/c10-6(5-14)1-2-8-7(3-4-15-8)9(11,12)13/h1,3-4H,2,5,14H2. The first-order valence-corrected chi connectivity index (χ1v) is 5.01. The maximum atomic E-state index is 12.6. The zero-order chi connectivity index (χ0) is 11.5. The van der Waals surface area contributed by atoms with Gasteiger partial charge in [0.2, 0.25) is 0 Å². The van der Waals surface area contributed by atoms with Crippen LogP contribution in [-0.4, -0.2) is 6.54 Å². The van der Waals surface area contributed by atoms with Crippen molar-refractivity contribution < 1.29 is 17.6 Å². The molecule has 0 unspecified atom stereocenters. The second-order valence-electron chi connectivity index (χ2n) is 2.81. The van der Waals surface area contributed by atoms with Crippen LogP contribution in [0, 0.1) is 0 Å². The van der Waals surface area contributed by atoms with Crippen molar-refractivity contribution >= 4 is 11.3 Å². The van der Waals surface area contributed by atoms with E-state index in [4.69, 9.17) is 5.73 Å². The summed E-state index contributed by atoms with van der Waals surface area (Å²) in [4.78, 5) is 0.103. The van der Waals surface area contributed by atoms with Gasteiger partial charge < -0.3 is 5.73 Å². The summed E-state index contributed by atoms with van der Waals surface area (Å²) in [7, 11) is 0. The van der Waals surface area contributed by atoms with Crippen LogP contribution < -0.4 is 5.73 Å². The Morgan fingerprint density at radius 3 is 2.67 bits per heavy atom. The molecule has 1 aromatic rings. The van der Waals surface area contributed by atoms with E-state index < -0.39 is 17.6 Å². The Balaban J connectivity index is 2.83. The van der Waals surface area contributed by atoms with Crippen LogP contribution in [0.25, 0.3) is 0 Å². The third-order valence-electron chi connectivity index (χ3n) is 1.75. The van der Waals surface area contributed by atoms with Gasteiger partial charge in [0.05, 0.1) is 5.56 Å². The van der Waals surface area contributed by atoms with Crippen LogP contribution in [0.3, 0.4) is 0 Å². The van der Waals surface area contributed by atoms with E-state index in [2.05, 4.69) is 0 Å². The van der Waals surface area contributed by atoms with Crippen LogP contribution in [0.15, 0.2) is 23.3 Å². The molecule has 0 aliphatic carbocycles. The Bertz CT molecular complexity index is 353. The largest absolute Gasteiger partial charge is 0.417 e. The van der Waals surface area contributed by atoms with Gasteiger partial charge in [-0.15, -0.1) is 11.3 Å². The predicted molar refractivity (Wildman–Crippen MR) is 51.3 cm³/mol. The monoisotopic (exact) mass is 239 g/mol. The number of hydrogen-bond acceptors (Lipinski definition) is 2. The first-order valence-electron chi connectivity index (χ1n) is 4.13. The molecule has 0 aromatic carbocycles. The van der Waals surface area contributed by atoms with E-state index in [9.17, 15) is 17.6 Å². The van der Waals surface area contributed by atoms with E-state index in [1.807, 2.05) is 0 Å². The van der Waals surface area contributed by atoms with Gasteiger partial charge in [-0.3, -0.25) is 0 Å². The molecule has 0 aliphatic heterocycles. The Morgan fingerprint density at radius 1 is 1.47 bits per heavy atom. The van der Waals surface area contributed by atoms with Gasteiger partial charge in [0.15, 0.2) is 0 Å². The number of rotatable bonds is 3. The summed E-state index contributed by atoms with van der Waals surface area (Å²) in [5.74, 6) is -0.600. The Hall–Kier alpha value is -0.880. The van der Waals surface area contributed by atoms with Gasteiger partial charge in [0.1, 0.15) is 5.83 Å². The molecule has 1 aromatic heterocycles. The highest BCUT2D eigenvalue weighted by Crippen LogP contribution is 2.35. The molecule has 0 amide bonds. The molecule has 0 atom stereocenters. The minimum Gasteiger partial charge on any atom is -0.325 e. The van der Waals surface area contributed by atoms with Crippen molar-refractivity contribution in [2.24, 2.45) is 5.73 Å². The molecular formula is C9H9F4NS. The molecule has 2 N–H and O–H groups in total. The topological polar surface area (TPSA) is 26.0 Å². The quantitative estimate of drug-likeness (QED) is 0.806. The van der Waals surface area contributed by atoms with Crippen molar-refractivity contribution in [3.05, 3.63) is 33.8 Å². The van der Waals surface area contributed by atoms with Crippen molar-refractivity contribution in [3.8, 4) is 0 Å². The number of allylic oxidation sites excluding steroid dienone is 1. The van der Waals surface area contributed by atoms with Gasteiger partial charge in [-0.1, -0.05) is 0 Å². The van der Waals surface area contributed by atoms with Crippen LogP contribution in [0.4, 0.5) is 17.6 Å². The summed E-state index contributed by atoms with van der Waals surface area (Å²) >= 11 is 0.957. The molecule has 0 aliphatic rings. The second-order valence-corrected chi connectivity index (χ2v) is 3.82. The third kappa shape index (κ3) is 3.32. The lowest BCUT2D eigenvalue weighted by atomic mass is 10.2. The van der Waals surface area contributed by atoms with Crippen molar-refractivity contribution in [1.82, 2.24) is 0 Å². The van der Waals surface area contributed by atoms with Crippen LogP contribution in [0.2, 0.25) is 0 Å². The number of alkyl halides is 3. The fourth-order valence-electron chi connectivity index (χ4n) is 1.04. The molecule has 1 nitrogen and oxygen atoms in total. The molecule has 84 valence electrons. The van der Waals surface area contributed by atoms with Crippen molar-refractivity contribution in [1.29, 1.82) is 0 Å². The summed E-state index contributed by atoms with van der Waals surface area (Å²) in [6, 6.07) is 0.994. The van der Waals surface area contributed by atoms with Gasteiger partial charge in [0.25, 0.3) is 0 Å². The first kappa shape index (κ1) is 12.2. The van der Waals surface area contributed by atoms with Crippen LogP contribution in [0.1, 0.15) is 10.4 Å². The van der Waals surface area contributed by atoms with Crippen molar-refractivity contribution in [2.75, 3.05) is 6.54 Å². The van der Waals surface area contributed by atoms with Gasteiger partial charge in [-0.2, -0.15) is 13.2 Å². The van der Waals surface area contributed by atoms with E-state index >= 15 is 0 Å². The van der Waals surface area contributed by atoms with E-state index in [-0.39, 0.29) is 17.8 Å². The molecule has 1 rings (SSSR count). The molecule has 0 radical (unpaired) electrons. The number of thiophene rings is 1. The summed E-state index contributed by atoms with van der Waals surface area (Å²) in [6.07, 6.45) is -3.38. The lowest BCUT2D eigenvalue weighted by molar-refractivity contribution is -0.137. The SMILES string of the molecule is NCC(F)=CCc1sccc1C(F)(F)F. The smallest absolute Gasteiger partial charge is 0.325 e. The second kappa shape index (κ2) is 4.76. The van der Waals surface area contributed by atoms with E-state index in [1.165, 1.54) is 5.38 Å². The minimum absolute atomic E-state index is 0.0739. The van der Waals surface area contributed by atoms with Gasteiger partial charge in [0, 0.05) is 17.8 Å². The van der Waals surface area contributed by atoms with Gasteiger partial charge in [-0.25, -0.2) is 4.39 Å². The lowest BCUT2D eigenvalue weighted by Gasteiger charge is -2.05. The molecule has 1 heterocycles. The van der Waals surface area contributed by atoms with E-state index in [0.717, 1.165) is 23.5 Å². The predicted octanol–water partition coefficient (Wildman–Crippen LogP) is 3.12. The highest BCUT2D eigenvalue weighted by Gasteiger charge is 2.33. The van der Waals surface area contributed by atoms with Gasteiger partial charge >= 0.3 is 6.18 Å². The van der Waals surface area contributed by atoms with Crippen molar-refractivity contribution in [2.45, 2.75) is 12.6 Å². The minimum atomic E-state index is -4.37.